The molecule has 3 aromatic carbocycles. The van der Waals surface area contributed by atoms with Crippen molar-refractivity contribution in [1.29, 1.82) is 0 Å². The molecule has 0 aliphatic rings. The number of amides is 1. The molecule has 0 aromatic heterocycles. The number of rotatable bonds is 11. The number of nitro benzene ring substituents is 1. The lowest BCUT2D eigenvalue weighted by Crippen LogP contribution is -2.30. The van der Waals surface area contributed by atoms with Crippen LogP contribution in [-0.2, 0) is 26.3 Å². The molecule has 0 saturated heterocycles. The van der Waals surface area contributed by atoms with Gasteiger partial charge in [-0.2, -0.15) is 0 Å². The molecular weight excluding hydrogens is 455 g/mol. The van der Waals surface area contributed by atoms with Crippen molar-refractivity contribution in [3.05, 3.63) is 106 Å². The van der Waals surface area contributed by atoms with E-state index in [2.05, 4.69) is 0 Å². The van der Waals surface area contributed by atoms with E-state index in [0.717, 1.165) is 11.1 Å². The first-order chi connectivity index (χ1) is 16.3. The van der Waals surface area contributed by atoms with Gasteiger partial charge in [0.2, 0.25) is 0 Å². The van der Waals surface area contributed by atoms with Crippen molar-refractivity contribution in [2.75, 3.05) is 18.1 Å². The number of non-ortho nitro benzene ring substituents is 1. The molecule has 0 aliphatic heterocycles. The highest BCUT2D eigenvalue weighted by Gasteiger charge is 2.24. The fourth-order valence-corrected chi connectivity index (χ4v) is 5.15. The SMILES string of the molecule is CCOP(=O)(Cc1ccc(C(=O)N(Cc2ccc([N+](=O)[O-])cc2)c2ccccc2)cc1)OCC. The third-order valence-corrected chi connectivity index (χ3v) is 7.09. The zero-order valence-corrected chi connectivity index (χ0v) is 20.0. The van der Waals surface area contributed by atoms with Gasteiger partial charge in [-0.3, -0.25) is 19.5 Å². The Morgan fingerprint density at radius 2 is 1.44 bits per heavy atom. The van der Waals surface area contributed by atoms with Gasteiger partial charge < -0.3 is 13.9 Å². The molecule has 34 heavy (non-hydrogen) atoms. The van der Waals surface area contributed by atoms with Crippen LogP contribution in [0, 0.1) is 10.1 Å². The summed E-state index contributed by atoms with van der Waals surface area (Å²) in [5, 5.41) is 10.9. The van der Waals surface area contributed by atoms with E-state index in [1.807, 2.05) is 30.3 Å². The number of carbonyl (C=O) groups excluding carboxylic acids is 1. The first kappa shape index (κ1) is 25.3. The molecule has 8 nitrogen and oxygen atoms in total. The van der Waals surface area contributed by atoms with E-state index in [4.69, 9.17) is 9.05 Å². The van der Waals surface area contributed by atoms with Gasteiger partial charge in [0.05, 0.1) is 30.8 Å². The van der Waals surface area contributed by atoms with Crippen molar-refractivity contribution in [3.63, 3.8) is 0 Å². The van der Waals surface area contributed by atoms with E-state index in [1.54, 1.807) is 55.1 Å². The van der Waals surface area contributed by atoms with Crippen molar-refractivity contribution in [2.45, 2.75) is 26.6 Å². The van der Waals surface area contributed by atoms with Crippen LogP contribution in [0.1, 0.15) is 35.3 Å². The lowest BCUT2D eigenvalue weighted by atomic mass is 10.1. The van der Waals surface area contributed by atoms with E-state index < -0.39 is 12.5 Å². The summed E-state index contributed by atoms with van der Waals surface area (Å²) >= 11 is 0. The summed E-state index contributed by atoms with van der Waals surface area (Å²) in [4.78, 5) is 25.5. The van der Waals surface area contributed by atoms with Crippen LogP contribution in [0.2, 0.25) is 0 Å². The lowest BCUT2D eigenvalue weighted by Gasteiger charge is -2.23. The van der Waals surface area contributed by atoms with Gasteiger partial charge in [-0.15, -0.1) is 0 Å². The molecule has 0 heterocycles. The molecule has 0 unspecified atom stereocenters. The zero-order valence-electron chi connectivity index (χ0n) is 19.1. The molecule has 3 rings (SSSR count). The maximum atomic E-state index is 13.4. The number of nitrogens with zero attached hydrogens (tertiary/aromatic N) is 2. The van der Waals surface area contributed by atoms with Gasteiger partial charge in [0.25, 0.3) is 11.6 Å². The molecule has 3 aromatic rings. The molecule has 0 aliphatic carbocycles. The average molecular weight is 482 g/mol. The molecule has 0 fully saturated rings. The summed E-state index contributed by atoms with van der Waals surface area (Å²) in [5.41, 5.74) is 2.65. The number of hydrogen-bond donors (Lipinski definition) is 0. The van der Waals surface area contributed by atoms with E-state index >= 15 is 0 Å². The first-order valence-corrected chi connectivity index (χ1v) is 12.7. The summed E-state index contributed by atoms with van der Waals surface area (Å²) in [6, 6.07) is 22.2. The van der Waals surface area contributed by atoms with Gasteiger partial charge in [-0.05, 0) is 49.2 Å². The summed E-state index contributed by atoms with van der Waals surface area (Å²) in [6.07, 6.45) is 0.119. The Hall–Kier alpha value is -3.32. The second-order valence-corrected chi connectivity index (χ2v) is 9.51. The topological polar surface area (TPSA) is 99.0 Å². The summed E-state index contributed by atoms with van der Waals surface area (Å²) in [5.74, 6) is -0.228. The van der Waals surface area contributed by atoms with Crippen LogP contribution >= 0.6 is 7.60 Å². The van der Waals surface area contributed by atoms with Crippen molar-refractivity contribution < 1.29 is 23.3 Å². The molecule has 178 valence electrons. The smallest absolute Gasteiger partial charge is 0.309 e. The van der Waals surface area contributed by atoms with Crippen LogP contribution in [0.4, 0.5) is 11.4 Å². The maximum absolute atomic E-state index is 13.4. The molecule has 0 spiro atoms. The Morgan fingerprint density at radius 1 is 0.882 bits per heavy atom. The van der Waals surface area contributed by atoms with Gasteiger partial charge >= 0.3 is 7.60 Å². The first-order valence-electron chi connectivity index (χ1n) is 10.9. The Balaban J connectivity index is 1.83. The van der Waals surface area contributed by atoms with Gasteiger partial charge in [0.15, 0.2) is 0 Å². The fraction of sp³-hybridized carbons (Fsp3) is 0.240. The summed E-state index contributed by atoms with van der Waals surface area (Å²) in [6.45, 7) is 4.32. The quantitative estimate of drug-likeness (QED) is 0.183. The minimum Gasteiger partial charge on any atom is -0.309 e. The molecular formula is C25H27N2O6P. The Kier molecular flexibility index (Phi) is 8.71. The number of benzene rings is 3. The van der Waals surface area contributed by atoms with Crippen molar-refractivity contribution >= 4 is 24.9 Å². The molecule has 0 radical (unpaired) electrons. The predicted molar refractivity (Wildman–Crippen MR) is 131 cm³/mol. The van der Waals surface area contributed by atoms with E-state index in [-0.39, 0.29) is 37.5 Å². The normalized spacial score (nSPS) is 11.2. The number of hydrogen-bond acceptors (Lipinski definition) is 6. The van der Waals surface area contributed by atoms with Crippen LogP contribution in [0.15, 0.2) is 78.9 Å². The number of para-hydroxylation sites is 1. The lowest BCUT2D eigenvalue weighted by molar-refractivity contribution is -0.384. The zero-order chi connectivity index (χ0) is 24.6. The highest BCUT2D eigenvalue weighted by molar-refractivity contribution is 7.53. The van der Waals surface area contributed by atoms with Crippen LogP contribution < -0.4 is 4.90 Å². The molecule has 0 atom stereocenters. The van der Waals surface area contributed by atoms with Crippen molar-refractivity contribution in [2.24, 2.45) is 0 Å². The van der Waals surface area contributed by atoms with Crippen LogP contribution in [0.25, 0.3) is 0 Å². The van der Waals surface area contributed by atoms with Gasteiger partial charge in [-0.1, -0.05) is 42.5 Å². The predicted octanol–water partition coefficient (Wildman–Crippen LogP) is 6.21. The summed E-state index contributed by atoms with van der Waals surface area (Å²) < 4.78 is 23.5. The average Bonchev–Trinajstić information content (AvgIpc) is 2.83. The van der Waals surface area contributed by atoms with Gasteiger partial charge in [0, 0.05) is 23.4 Å². The molecule has 0 saturated carbocycles. The van der Waals surface area contributed by atoms with E-state index in [0.29, 0.717) is 11.3 Å². The molecule has 0 bridgehead atoms. The van der Waals surface area contributed by atoms with E-state index in [9.17, 15) is 19.5 Å². The third-order valence-electron chi connectivity index (χ3n) is 5.03. The second-order valence-electron chi connectivity index (χ2n) is 7.45. The highest BCUT2D eigenvalue weighted by Crippen LogP contribution is 2.51. The second kappa shape index (κ2) is 11.7. The number of carbonyl (C=O) groups is 1. The molecule has 1 amide bonds. The minimum absolute atomic E-state index is 0.00618. The maximum Gasteiger partial charge on any atom is 0.335 e. The van der Waals surface area contributed by atoms with Gasteiger partial charge in [0.1, 0.15) is 0 Å². The Morgan fingerprint density at radius 3 is 1.97 bits per heavy atom. The number of nitro groups is 1. The van der Waals surface area contributed by atoms with Crippen molar-refractivity contribution in [3.8, 4) is 0 Å². The Bertz CT molecular complexity index is 1140. The third kappa shape index (κ3) is 6.60. The Labute approximate surface area is 198 Å². The van der Waals surface area contributed by atoms with Crippen LogP contribution in [-0.4, -0.2) is 24.0 Å². The molecule has 0 N–H and O–H groups in total. The minimum atomic E-state index is -3.25. The molecule has 9 heteroatoms. The number of anilines is 1. The van der Waals surface area contributed by atoms with Crippen LogP contribution in [0.3, 0.4) is 0 Å². The van der Waals surface area contributed by atoms with E-state index in [1.165, 1.54) is 12.1 Å². The standard InChI is InChI=1S/C25H27N2O6P/c1-3-32-34(31,33-4-2)19-21-10-14-22(15-11-21)25(28)26(23-8-6-5-7-9-23)18-20-12-16-24(17-13-20)27(29)30/h5-17H,3-4,18-19H2,1-2H3. The largest absolute Gasteiger partial charge is 0.335 e. The van der Waals surface area contributed by atoms with Gasteiger partial charge in [-0.25, -0.2) is 0 Å². The highest BCUT2D eigenvalue weighted by atomic mass is 31.2. The van der Waals surface area contributed by atoms with Crippen molar-refractivity contribution in [1.82, 2.24) is 0 Å². The summed E-state index contributed by atoms with van der Waals surface area (Å²) in [7, 11) is -3.25. The fourth-order valence-electron chi connectivity index (χ4n) is 3.45. The van der Waals surface area contributed by atoms with Crippen LogP contribution in [0.5, 0.6) is 0 Å². The monoisotopic (exact) mass is 482 g/mol.